The van der Waals surface area contributed by atoms with Crippen LogP contribution < -0.4 is 11.1 Å². The number of hydrogen-bond acceptors (Lipinski definition) is 3. The Kier molecular flexibility index (Phi) is 3.38. The maximum atomic E-state index is 9.65. The second-order valence-electron chi connectivity index (χ2n) is 6.41. The predicted octanol–water partition coefficient (Wildman–Crippen LogP) is 1.75. The zero-order valence-electron chi connectivity index (χ0n) is 11.7. The monoisotopic (exact) mass is 274 g/mol. The molecular weight excluding hydrogens is 252 g/mol. The summed E-state index contributed by atoms with van der Waals surface area (Å²) in [6, 6.07) is 5.59. The van der Waals surface area contributed by atoms with Crippen molar-refractivity contribution in [2.75, 3.05) is 18.5 Å². The number of aromatic nitrogens is 1. The third-order valence-electron chi connectivity index (χ3n) is 4.76. The first-order chi connectivity index (χ1) is 9.65. The average molecular weight is 274 g/mol. The van der Waals surface area contributed by atoms with E-state index in [1.807, 2.05) is 18.2 Å². The molecule has 2 saturated carbocycles. The van der Waals surface area contributed by atoms with Gasteiger partial charge in [-0.3, -0.25) is 4.99 Å². The number of nitrogens with zero attached hydrogens (tertiary/aromatic N) is 2. The molecular formula is C15H22N4O. The van der Waals surface area contributed by atoms with Crippen molar-refractivity contribution in [2.45, 2.75) is 32.1 Å². The fourth-order valence-electron chi connectivity index (χ4n) is 3.70. The van der Waals surface area contributed by atoms with Gasteiger partial charge in [0.15, 0.2) is 5.96 Å². The maximum Gasteiger partial charge on any atom is 0.194 e. The van der Waals surface area contributed by atoms with E-state index >= 15 is 0 Å². The molecule has 0 radical (unpaired) electrons. The lowest BCUT2D eigenvalue weighted by molar-refractivity contribution is -0.114. The van der Waals surface area contributed by atoms with Crippen molar-refractivity contribution in [3.63, 3.8) is 0 Å². The molecule has 0 saturated heterocycles. The summed E-state index contributed by atoms with van der Waals surface area (Å²) < 4.78 is 0. The van der Waals surface area contributed by atoms with Crippen molar-refractivity contribution < 1.29 is 5.11 Å². The zero-order valence-corrected chi connectivity index (χ0v) is 11.7. The number of nitrogens with two attached hydrogens (primary N) is 1. The van der Waals surface area contributed by atoms with Gasteiger partial charge in [-0.25, -0.2) is 4.98 Å². The third-order valence-corrected chi connectivity index (χ3v) is 4.76. The van der Waals surface area contributed by atoms with Gasteiger partial charge in [0.1, 0.15) is 5.82 Å². The van der Waals surface area contributed by atoms with E-state index in [0.29, 0.717) is 23.7 Å². The molecule has 5 heteroatoms. The van der Waals surface area contributed by atoms with Crippen molar-refractivity contribution in [1.82, 2.24) is 4.98 Å². The Labute approximate surface area is 119 Å². The van der Waals surface area contributed by atoms with Crippen molar-refractivity contribution in [2.24, 2.45) is 21.6 Å². The van der Waals surface area contributed by atoms with E-state index < -0.39 is 0 Å². The molecule has 1 spiro atoms. The molecule has 0 aliphatic heterocycles. The highest BCUT2D eigenvalue weighted by Crippen LogP contribution is 2.64. The van der Waals surface area contributed by atoms with Gasteiger partial charge in [0, 0.05) is 11.6 Å². The maximum absolute atomic E-state index is 9.65. The van der Waals surface area contributed by atoms with E-state index in [0.717, 1.165) is 12.8 Å². The summed E-state index contributed by atoms with van der Waals surface area (Å²) in [6.45, 7) is 0.798. The molecule has 0 unspecified atom stereocenters. The molecule has 5 nitrogen and oxygen atoms in total. The van der Waals surface area contributed by atoms with Crippen LogP contribution in [0.3, 0.4) is 0 Å². The molecule has 4 N–H and O–H groups in total. The SMILES string of the molecule is NC(=NCC1(CO)CC2(CCC2)C1)Nc1ccccn1. The van der Waals surface area contributed by atoms with Crippen LogP contribution in [0.2, 0.25) is 0 Å². The molecule has 3 rings (SSSR count). The fourth-order valence-corrected chi connectivity index (χ4v) is 3.70. The van der Waals surface area contributed by atoms with Crippen LogP contribution in [0.25, 0.3) is 0 Å². The number of rotatable bonds is 4. The van der Waals surface area contributed by atoms with Gasteiger partial charge in [0.2, 0.25) is 0 Å². The fraction of sp³-hybridized carbons (Fsp3) is 0.600. The number of pyridine rings is 1. The lowest BCUT2D eigenvalue weighted by atomic mass is 9.45. The Bertz CT molecular complexity index is 488. The van der Waals surface area contributed by atoms with Crippen LogP contribution in [-0.4, -0.2) is 29.2 Å². The average Bonchev–Trinajstić information content (AvgIpc) is 2.37. The largest absolute Gasteiger partial charge is 0.396 e. The number of guanidine groups is 1. The molecule has 0 atom stereocenters. The predicted molar refractivity (Wildman–Crippen MR) is 79.4 cm³/mol. The number of nitrogens with one attached hydrogen (secondary N) is 1. The van der Waals surface area contributed by atoms with Crippen LogP contribution in [0, 0.1) is 10.8 Å². The van der Waals surface area contributed by atoms with Gasteiger partial charge in [0.05, 0.1) is 13.2 Å². The minimum Gasteiger partial charge on any atom is -0.396 e. The van der Waals surface area contributed by atoms with Gasteiger partial charge in [-0.05, 0) is 43.2 Å². The van der Waals surface area contributed by atoms with E-state index in [1.54, 1.807) is 6.20 Å². The lowest BCUT2D eigenvalue weighted by Crippen LogP contribution is -2.54. The Morgan fingerprint density at radius 2 is 2.20 bits per heavy atom. The minimum atomic E-state index is -0.0448. The number of aliphatic hydroxyl groups excluding tert-OH is 1. The third kappa shape index (κ3) is 2.50. The molecule has 1 heterocycles. The van der Waals surface area contributed by atoms with Crippen molar-refractivity contribution >= 4 is 11.8 Å². The van der Waals surface area contributed by atoms with Gasteiger partial charge in [-0.1, -0.05) is 12.5 Å². The Hall–Kier alpha value is -1.62. The number of aliphatic hydroxyl groups is 1. The van der Waals surface area contributed by atoms with Crippen LogP contribution >= 0.6 is 0 Å². The second kappa shape index (κ2) is 5.05. The molecule has 0 aromatic carbocycles. The summed E-state index contributed by atoms with van der Waals surface area (Å²) in [5.41, 5.74) is 6.36. The second-order valence-corrected chi connectivity index (χ2v) is 6.41. The highest BCUT2D eigenvalue weighted by molar-refractivity contribution is 5.91. The summed E-state index contributed by atoms with van der Waals surface area (Å²) in [5, 5.41) is 12.6. The van der Waals surface area contributed by atoms with Gasteiger partial charge in [-0.2, -0.15) is 0 Å². The van der Waals surface area contributed by atoms with Crippen LogP contribution in [0.4, 0.5) is 5.82 Å². The van der Waals surface area contributed by atoms with Crippen LogP contribution in [0.5, 0.6) is 0 Å². The number of hydrogen-bond donors (Lipinski definition) is 3. The topological polar surface area (TPSA) is 83.5 Å². The molecule has 1 aromatic rings. The Morgan fingerprint density at radius 1 is 1.40 bits per heavy atom. The normalized spacial score (nSPS) is 22.9. The Morgan fingerprint density at radius 3 is 2.75 bits per heavy atom. The van der Waals surface area contributed by atoms with Gasteiger partial charge in [-0.15, -0.1) is 0 Å². The summed E-state index contributed by atoms with van der Waals surface area (Å²) in [7, 11) is 0. The zero-order chi connectivity index (χ0) is 14.1. The molecule has 20 heavy (non-hydrogen) atoms. The standard InChI is InChI=1S/C15H22N4O/c16-13(19-12-4-1-2-7-17-12)18-10-15(11-20)8-14(9-15)5-3-6-14/h1-2,4,7,20H,3,5-6,8-11H2,(H3,16,17,18,19). The summed E-state index contributed by atoms with van der Waals surface area (Å²) in [6.07, 6.45) is 7.87. The van der Waals surface area contributed by atoms with Crippen LogP contribution in [0.15, 0.2) is 29.4 Å². The van der Waals surface area contributed by atoms with E-state index in [1.165, 1.54) is 19.3 Å². The quantitative estimate of drug-likeness (QED) is 0.577. The first-order valence-corrected chi connectivity index (χ1v) is 7.24. The highest BCUT2D eigenvalue weighted by Gasteiger charge is 2.56. The smallest absolute Gasteiger partial charge is 0.194 e. The van der Waals surface area contributed by atoms with Gasteiger partial charge in [0.25, 0.3) is 0 Å². The summed E-state index contributed by atoms with van der Waals surface area (Å²) in [5.74, 6) is 1.06. The van der Waals surface area contributed by atoms with Crippen molar-refractivity contribution in [3.8, 4) is 0 Å². The first kappa shape index (κ1) is 13.4. The molecule has 2 aliphatic rings. The minimum absolute atomic E-state index is 0.0448. The van der Waals surface area contributed by atoms with E-state index in [4.69, 9.17) is 5.73 Å². The van der Waals surface area contributed by atoms with Crippen LogP contribution in [0.1, 0.15) is 32.1 Å². The molecule has 0 amide bonds. The summed E-state index contributed by atoms with van der Waals surface area (Å²) in [4.78, 5) is 8.53. The van der Waals surface area contributed by atoms with E-state index in [-0.39, 0.29) is 12.0 Å². The molecule has 108 valence electrons. The van der Waals surface area contributed by atoms with Gasteiger partial charge >= 0.3 is 0 Å². The summed E-state index contributed by atoms with van der Waals surface area (Å²) >= 11 is 0. The first-order valence-electron chi connectivity index (χ1n) is 7.24. The Balaban J connectivity index is 1.56. The van der Waals surface area contributed by atoms with E-state index in [2.05, 4.69) is 15.3 Å². The van der Waals surface area contributed by atoms with Crippen LogP contribution in [-0.2, 0) is 0 Å². The van der Waals surface area contributed by atoms with Gasteiger partial charge < -0.3 is 16.2 Å². The van der Waals surface area contributed by atoms with Crippen molar-refractivity contribution in [3.05, 3.63) is 24.4 Å². The highest BCUT2D eigenvalue weighted by atomic mass is 16.3. The molecule has 1 aromatic heterocycles. The van der Waals surface area contributed by atoms with E-state index in [9.17, 15) is 5.11 Å². The van der Waals surface area contributed by atoms with Crippen molar-refractivity contribution in [1.29, 1.82) is 0 Å². The number of aliphatic imine (C=N–C) groups is 1. The number of anilines is 1. The molecule has 2 fully saturated rings. The molecule has 0 bridgehead atoms. The lowest BCUT2D eigenvalue weighted by Gasteiger charge is -2.60. The molecule has 2 aliphatic carbocycles.